The van der Waals surface area contributed by atoms with Crippen LogP contribution in [0.5, 0.6) is 0 Å². The van der Waals surface area contributed by atoms with Crippen molar-refractivity contribution < 1.29 is 9.53 Å². The smallest absolute Gasteiger partial charge is 0.274 e. The number of ether oxygens (including phenoxy) is 1. The van der Waals surface area contributed by atoms with Crippen LogP contribution < -0.4 is 10.9 Å². The molecule has 2 aromatic heterocycles. The number of carbonyl (C=O) groups is 1. The van der Waals surface area contributed by atoms with E-state index >= 15 is 0 Å². The average molecular weight is 388 g/mol. The van der Waals surface area contributed by atoms with Crippen LogP contribution in [0.2, 0.25) is 0 Å². The first-order valence-corrected chi connectivity index (χ1v) is 9.29. The van der Waals surface area contributed by atoms with Gasteiger partial charge in [0.1, 0.15) is 5.69 Å². The van der Waals surface area contributed by atoms with Crippen molar-refractivity contribution in [2.24, 2.45) is 0 Å². The molecule has 1 N–H and O–H groups in total. The van der Waals surface area contributed by atoms with Crippen molar-refractivity contribution in [3.05, 3.63) is 82.4 Å². The highest BCUT2D eigenvalue weighted by atomic mass is 16.5. The predicted octanol–water partition coefficient (Wildman–Crippen LogP) is 2.52. The molecule has 146 valence electrons. The molecule has 0 aliphatic carbocycles. The summed E-state index contributed by atoms with van der Waals surface area (Å²) in [4.78, 5) is 29.7. The van der Waals surface area contributed by atoms with Crippen LogP contribution in [0.4, 0.5) is 0 Å². The fourth-order valence-electron chi connectivity index (χ4n) is 3.21. The summed E-state index contributed by atoms with van der Waals surface area (Å²) in [7, 11) is 1.57. The molecular formula is C22H20N4O3. The Kier molecular flexibility index (Phi) is 5.31. The van der Waals surface area contributed by atoms with E-state index in [0.717, 1.165) is 16.3 Å². The molecule has 7 nitrogen and oxygen atoms in total. The van der Waals surface area contributed by atoms with Gasteiger partial charge in [-0.15, -0.1) is 0 Å². The number of hydrogen-bond acceptors (Lipinski definition) is 5. The van der Waals surface area contributed by atoms with Gasteiger partial charge in [-0.05, 0) is 18.2 Å². The molecule has 0 aliphatic rings. The van der Waals surface area contributed by atoms with Crippen LogP contribution in [0.25, 0.3) is 21.7 Å². The van der Waals surface area contributed by atoms with Gasteiger partial charge < -0.3 is 10.1 Å². The van der Waals surface area contributed by atoms with Gasteiger partial charge in [0.05, 0.1) is 36.3 Å². The summed E-state index contributed by atoms with van der Waals surface area (Å²) in [5.74, 6) is -0.295. The molecule has 29 heavy (non-hydrogen) atoms. The number of pyridine rings is 1. The van der Waals surface area contributed by atoms with Gasteiger partial charge in [-0.2, -0.15) is 5.10 Å². The molecule has 0 spiro atoms. The Morgan fingerprint density at radius 3 is 2.62 bits per heavy atom. The van der Waals surface area contributed by atoms with Gasteiger partial charge in [0.2, 0.25) is 0 Å². The van der Waals surface area contributed by atoms with E-state index in [0.29, 0.717) is 29.9 Å². The van der Waals surface area contributed by atoms with Gasteiger partial charge in [0.15, 0.2) is 0 Å². The number of hydrogen-bond donors (Lipinski definition) is 1. The molecule has 2 heterocycles. The lowest BCUT2D eigenvalue weighted by atomic mass is 10.1. The van der Waals surface area contributed by atoms with Crippen LogP contribution >= 0.6 is 0 Å². The fourth-order valence-corrected chi connectivity index (χ4v) is 3.21. The van der Waals surface area contributed by atoms with Gasteiger partial charge in [0.25, 0.3) is 11.5 Å². The Bertz CT molecular complexity index is 1250. The quantitative estimate of drug-likeness (QED) is 0.549. The van der Waals surface area contributed by atoms with Crippen molar-refractivity contribution in [3.8, 4) is 0 Å². The molecule has 0 fully saturated rings. The number of aromatic nitrogens is 3. The first kappa shape index (κ1) is 18.8. The minimum absolute atomic E-state index is 0.177. The van der Waals surface area contributed by atoms with E-state index in [9.17, 15) is 9.59 Å². The van der Waals surface area contributed by atoms with Gasteiger partial charge in [-0.3, -0.25) is 9.59 Å². The van der Waals surface area contributed by atoms with Crippen LogP contribution in [-0.4, -0.2) is 34.4 Å². The number of para-hydroxylation sites is 1. The number of fused-ring (bicyclic) bond motifs is 2. The Balaban J connectivity index is 1.62. The maximum Gasteiger partial charge on any atom is 0.274 e. The van der Waals surface area contributed by atoms with Gasteiger partial charge in [0, 0.05) is 17.9 Å². The van der Waals surface area contributed by atoms with Crippen LogP contribution in [0, 0.1) is 0 Å². The maximum atomic E-state index is 12.6. The highest BCUT2D eigenvalue weighted by Gasteiger charge is 2.13. The molecule has 1 amide bonds. The minimum atomic E-state index is -0.295. The number of benzene rings is 2. The van der Waals surface area contributed by atoms with Crippen molar-refractivity contribution in [1.29, 1.82) is 0 Å². The van der Waals surface area contributed by atoms with E-state index in [-0.39, 0.29) is 18.0 Å². The first-order valence-electron chi connectivity index (χ1n) is 9.29. The van der Waals surface area contributed by atoms with Crippen molar-refractivity contribution in [3.63, 3.8) is 0 Å². The average Bonchev–Trinajstić information content (AvgIpc) is 2.77. The summed E-state index contributed by atoms with van der Waals surface area (Å²) in [6.45, 7) is 0.895. The third kappa shape index (κ3) is 3.86. The lowest BCUT2D eigenvalue weighted by Crippen LogP contribution is -2.29. The predicted molar refractivity (Wildman–Crippen MR) is 111 cm³/mol. The Labute approximate surface area is 167 Å². The lowest BCUT2D eigenvalue weighted by molar-refractivity contribution is 0.0945. The lowest BCUT2D eigenvalue weighted by Gasteiger charge is -2.11. The molecule has 0 atom stereocenters. The number of amides is 1. The molecule has 7 heteroatoms. The Morgan fingerprint density at radius 1 is 1.03 bits per heavy atom. The zero-order valence-corrected chi connectivity index (χ0v) is 16.0. The summed E-state index contributed by atoms with van der Waals surface area (Å²) >= 11 is 0. The van der Waals surface area contributed by atoms with E-state index in [1.165, 1.54) is 4.68 Å². The monoisotopic (exact) mass is 388 g/mol. The molecule has 0 radical (unpaired) electrons. The Morgan fingerprint density at radius 2 is 1.79 bits per heavy atom. The van der Waals surface area contributed by atoms with E-state index < -0.39 is 0 Å². The molecule has 4 rings (SSSR count). The van der Waals surface area contributed by atoms with Crippen LogP contribution in [0.15, 0.2) is 65.5 Å². The van der Waals surface area contributed by atoms with Crippen molar-refractivity contribution >= 4 is 27.6 Å². The minimum Gasteiger partial charge on any atom is -0.383 e. The highest BCUT2D eigenvalue weighted by Crippen LogP contribution is 2.14. The van der Waals surface area contributed by atoms with E-state index in [4.69, 9.17) is 4.74 Å². The third-order valence-corrected chi connectivity index (χ3v) is 4.70. The van der Waals surface area contributed by atoms with Crippen molar-refractivity contribution in [2.45, 2.75) is 13.1 Å². The topological polar surface area (TPSA) is 86.1 Å². The molecule has 4 aromatic rings. The number of methoxy groups -OCH3 is 1. The molecular weight excluding hydrogens is 368 g/mol. The molecule has 0 saturated carbocycles. The molecule has 0 saturated heterocycles. The number of rotatable bonds is 6. The summed E-state index contributed by atoms with van der Waals surface area (Å²) in [5, 5.41) is 9.56. The van der Waals surface area contributed by atoms with Gasteiger partial charge in [-0.25, -0.2) is 9.67 Å². The van der Waals surface area contributed by atoms with Gasteiger partial charge in [-0.1, -0.05) is 42.5 Å². The second-order valence-electron chi connectivity index (χ2n) is 6.59. The molecule has 2 aromatic carbocycles. The zero-order chi connectivity index (χ0) is 20.2. The summed E-state index contributed by atoms with van der Waals surface area (Å²) in [6, 6.07) is 18.5. The first-order chi connectivity index (χ1) is 14.2. The van der Waals surface area contributed by atoms with Crippen LogP contribution in [-0.2, 0) is 17.8 Å². The largest absolute Gasteiger partial charge is 0.383 e. The summed E-state index contributed by atoms with van der Waals surface area (Å²) in [5.41, 5.74) is 1.53. The SMILES string of the molecule is COCCn1nc(CNC(=O)c2ccc3ccccc3n2)c2ccccc2c1=O. The molecule has 0 bridgehead atoms. The van der Waals surface area contributed by atoms with Crippen LogP contribution in [0.3, 0.4) is 0 Å². The molecule has 0 aliphatic heterocycles. The second-order valence-corrected chi connectivity index (χ2v) is 6.59. The van der Waals surface area contributed by atoms with E-state index in [2.05, 4.69) is 15.4 Å². The number of nitrogens with one attached hydrogen (secondary N) is 1. The van der Waals surface area contributed by atoms with Crippen LogP contribution in [0.1, 0.15) is 16.2 Å². The third-order valence-electron chi connectivity index (χ3n) is 4.70. The Hall–Kier alpha value is -3.58. The normalized spacial score (nSPS) is 11.1. The second kappa shape index (κ2) is 8.20. The van der Waals surface area contributed by atoms with E-state index in [1.54, 1.807) is 19.2 Å². The van der Waals surface area contributed by atoms with Gasteiger partial charge >= 0.3 is 0 Å². The highest BCUT2D eigenvalue weighted by molar-refractivity contribution is 5.95. The molecule has 0 unspecified atom stereocenters. The number of carbonyl (C=O) groups excluding carboxylic acids is 1. The number of nitrogens with zero attached hydrogens (tertiary/aromatic N) is 3. The van der Waals surface area contributed by atoms with Crippen molar-refractivity contribution in [2.75, 3.05) is 13.7 Å². The summed E-state index contributed by atoms with van der Waals surface area (Å²) < 4.78 is 6.44. The van der Waals surface area contributed by atoms with Crippen molar-refractivity contribution in [1.82, 2.24) is 20.1 Å². The zero-order valence-electron chi connectivity index (χ0n) is 16.0. The summed E-state index contributed by atoms with van der Waals surface area (Å²) in [6.07, 6.45) is 0. The van der Waals surface area contributed by atoms with E-state index in [1.807, 2.05) is 48.5 Å². The fraction of sp³-hybridized carbons (Fsp3) is 0.182. The maximum absolute atomic E-state index is 12.6. The standard InChI is InChI=1S/C22H20N4O3/c1-29-13-12-26-22(28)17-8-4-3-7-16(17)20(25-26)14-23-21(27)19-11-10-15-6-2-5-9-18(15)24-19/h2-11H,12-14H2,1H3,(H,23,27).